The molecule has 21 heteroatoms. The van der Waals surface area contributed by atoms with Crippen LogP contribution in [-0.4, -0.2) is 106 Å². The Bertz CT molecular complexity index is 920. The van der Waals surface area contributed by atoms with Crippen LogP contribution in [0.15, 0.2) is 0 Å². The summed E-state index contributed by atoms with van der Waals surface area (Å²) in [7, 11) is -9.01. The maximum atomic E-state index is 13.7. The molecule has 0 spiro atoms. The predicted molar refractivity (Wildman–Crippen MR) is 91.6 cm³/mol. The molecule has 0 aliphatic rings. The smallest absolute Gasteiger partial charge is 0.386 e. The van der Waals surface area contributed by atoms with Crippen LogP contribution in [0.25, 0.3) is 0 Å². The molecular formula is C13H20F11N2O6S2+. The van der Waals surface area contributed by atoms with Gasteiger partial charge in [0.25, 0.3) is 20.1 Å². The summed E-state index contributed by atoms with van der Waals surface area (Å²) in [5.41, 5.74) is 0. The van der Waals surface area contributed by atoms with E-state index < -0.39 is 80.7 Å². The molecule has 0 saturated carbocycles. The van der Waals surface area contributed by atoms with E-state index in [9.17, 15) is 70.2 Å². The van der Waals surface area contributed by atoms with E-state index in [0.29, 0.717) is 4.72 Å². The molecule has 0 saturated heterocycles. The first-order chi connectivity index (χ1) is 14.6. The lowest BCUT2D eigenvalue weighted by atomic mass is 10.0. The fourth-order valence-corrected chi connectivity index (χ4v) is 4.14. The van der Waals surface area contributed by atoms with Gasteiger partial charge >= 0.3 is 29.2 Å². The minimum absolute atomic E-state index is 0.324. The largest absolute Gasteiger partial charge is 0.460 e. The summed E-state index contributed by atoms with van der Waals surface area (Å²) in [6.45, 7) is -1.99. The van der Waals surface area contributed by atoms with E-state index in [2.05, 4.69) is 0 Å². The molecule has 1 unspecified atom stereocenters. The second-order valence-electron chi connectivity index (χ2n) is 7.73. The van der Waals surface area contributed by atoms with Crippen LogP contribution in [0.1, 0.15) is 6.42 Å². The minimum Gasteiger partial charge on any atom is -0.386 e. The highest BCUT2D eigenvalue weighted by Crippen LogP contribution is 2.58. The van der Waals surface area contributed by atoms with Gasteiger partial charge in [-0.1, -0.05) is 0 Å². The zero-order valence-electron chi connectivity index (χ0n) is 17.1. The van der Waals surface area contributed by atoms with Crippen LogP contribution in [0.2, 0.25) is 0 Å². The van der Waals surface area contributed by atoms with Crippen molar-refractivity contribution in [1.29, 1.82) is 0 Å². The average Bonchev–Trinajstić information content (AvgIpc) is 2.54. The van der Waals surface area contributed by atoms with Crippen molar-refractivity contribution in [2.45, 2.75) is 41.7 Å². The first kappa shape index (κ1) is 33.0. The Morgan fingerprint density at radius 3 is 1.65 bits per heavy atom. The van der Waals surface area contributed by atoms with Gasteiger partial charge < -0.3 is 9.59 Å². The zero-order valence-corrected chi connectivity index (χ0v) is 18.7. The fourth-order valence-electron chi connectivity index (χ4n) is 2.49. The molecule has 0 radical (unpaired) electrons. The molecule has 0 aliphatic carbocycles. The van der Waals surface area contributed by atoms with Crippen LogP contribution in [0.4, 0.5) is 48.3 Å². The van der Waals surface area contributed by atoms with Crippen LogP contribution in [0.3, 0.4) is 0 Å². The van der Waals surface area contributed by atoms with E-state index in [4.69, 9.17) is 4.55 Å². The van der Waals surface area contributed by atoms with Gasteiger partial charge in [-0.25, -0.2) is 13.1 Å². The number of hydrogen-bond donors (Lipinski definition) is 3. The number of quaternary nitrogens is 1. The summed E-state index contributed by atoms with van der Waals surface area (Å²) in [5.74, 6) is -24.4. The number of halogens is 11. The van der Waals surface area contributed by atoms with E-state index in [0.717, 1.165) is 0 Å². The van der Waals surface area contributed by atoms with Crippen molar-refractivity contribution in [3.8, 4) is 0 Å². The molecule has 3 N–H and O–H groups in total. The molecular weight excluding hydrogens is 553 g/mol. The van der Waals surface area contributed by atoms with Gasteiger partial charge in [0.2, 0.25) is 0 Å². The van der Waals surface area contributed by atoms with Crippen molar-refractivity contribution in [3.63, 3.8) is 0 Å². The highest BCUT2D eigenvalue weighted by atomic mass is 32.2. The number of alkyl halides is 11. The summed E-state index contributed by atoms with van der Waals surface area (Å²) in [4.78, 5) is 0. The van der Waals surface area contributed by atoms with Crippen molar-refractivity contribution >= 4 is 20.1 Å². The van der Waals surface area contributed by atoms with E-state index >= 15 is 0 Å². The van der Waals surface area contributed by atoms with Gasteiger partial charge in [-0.3, -0.25) is 4.55 Å². The normalized spacial score (nSPS) is 16.6. The molecule has 8 nitrogen and oxygen atoms in total. The number of likely N-dealkylation sites (N-methyl/N-ethyl adjacent to an activating group) is 1. The third-order valence-corrected chi connectivity index (χ3v) is 6.51. The van der Waals surface area contributed by atoms with Crippen LogP contribution in [-0.2, 0) is 20.1 Å². The van der Waals surface area contributed by atoms with Crippen molar-refractivity contribution in [2.24, 2.45) is 0 Å². The molecule has 0 aromatic heterocycles. The van der Waals surface area contributed by atoms with E-state index in [1.807, 2.05) is 0 Å². The van der Waals surface area contributed by atoms with Gasteiger partial charge in [0, 0.05) is 13.0 Å². The number of nitrogens with one attached hydrogen (secondary N) is 1. The topological polar surface area (TPSA) is 121 Å². The van der Waals surface area contributed by atoms with Gasteiger partial charge in [0.05, 0.1) is 20.6 Å². The van der Waals surface area contributed by atoms with Crippen LogP contribution >= 0.6 is 0 Å². The molecule has 0 fully saturated rings. The summed E-state index contributed by atoms with van der Waals surface area (Å²) in [6, 6.07) is 0. The number of rotatable bonds is 13. The maximum Gasteiger partial charge on any atom is 0.460 e. The highest BCUT2D eigenvalue weighted by Gasteiger charge is 2.89. The Morgan fingerprint density at radius 1 is 0.824 bits per heavy atom. The molecule has 0 heterocycles. The predicted octanol–water partition coefficient (Wildman–Crippen LogP) is 1.68. The Balaban J connectivity index is 5.45. The van der Waals surface area contributed by atoms with Gasteiger partial charge in [0.1, 0.15) is 18.4 Å². The van der Waals surface area contributed by atoms with Crippen molar-refractivity contribution < 1.29 is 79.3 Å². The molecule has 0 bridgehead atoms. The van der Waals surface area contributed by atoms with Crippen LogP contribution in [0, 0.1) is 0 Å². The minimum atomic E-state index is -7.88. The molecule has 0 aliphatic heterocycles. The van der Waals surface area contributed by atoms with Gasteiger partial charge in [-0.2, -0.15) is 56.7 Å². The summed E-state index contributed by atoms with van der Waals surface area (Å²) in [6.07, 6.45) is -9.68. The second kappa shape index (κ2) is 9.79. The lowest BCUT2D eigenvalue weighted by Crippen LogP contribution is -2.69. The number of aliphatic hydroxyl groups is 1. The monoisotopic (exact) mass is 573 g/mol. The van der Waals surface area contributed by atoms with Crippen LogP contribution in [0.5, 0.6) is 0 Å². The first-order valence-corrected chi connectivity index (χ1v) is 11.7. The summed E-state index contributed by atoms with van der Waals surface area (Å²) >= 11 is 0. The second-order valence-corrected chi connectivity index (χ2v) is 11.0. The standard InChI is InChI=1S/C13H19F11N2O6S2/c1-26(2,6-8(27)7-33(28,29)30)5-3-4-25-34(31,32)13(23,24)11(18,19)9(14,15)10(16,17)12(20,21)22/h8,25,27H,3-7H2,1-2H3/p+1. The molecule has 34 heavy (non-hydrogen) atoms. The van der Waals surface area contributed by atoms with Gasteiger partial charge in [-0.05, 0) is 0 Å². The highest BCUT2D eigenvalue weighted by molar-refractivity contribution is 7.90. The lowest BCUT2D eigenvalue weighted by Gasteiger charge is -2.36. The number of nitrogens with zero attached hydrogens (tertiary/aromatic N) is 1. The van der Waals surface area contributed by atoms with Crippen molar-refractivity contribution in [3.05, 3.63) is 0 Å². The van der Waals surface area contributed by atoms with Crippen molar-refractivity contribution in [2.75, 3.05) is 39.5 Å². The molecule has 1 atom stereocenters. The SMILES string of the molecule is C[N+](C)(CCCNS(=O)(=O)C(F)(F)C(F)(F)C(F)(F)C(F)(F)C(F)(F)F)CC(O)CS(=O)(=O)O. The van der Waals surface area contributed by atoms with E-state index in [1.54, 1.807) is 0 Å². The molecule has 206 valence electrons. The van der Waals surface area contributed by atoms with E-state index in [-0.39, 0.29) is 11.0 Å². The Labute approximate surface area is 186 Å². The van der Waals surface area contributed by atoms with Crippen molar-refractivity contribution in [1.82, 2.24) is 4.72 Å². The van der Waals surface area contributed by atoms with Gasteiger partial charge in [-0.15, -0.1) is 0 Å². The maximum absolute atomic E-state index is 13.7. The Hall–Kier alpha value is -1.03. The first-order valence-electron chi connectivity index (χ1n) is 8.58. The molecule has 0 rings (SSSR count). The Kier molecular flexibility index (Phi) is 9.49. The lowest BCUT2D eigenvalue weighted by molar-refractivity contribution is -0.893. The zero-order chi connectivity index (χ0) is 27.8. The number of hydrogen-bond acceptors (Lipinski definition) is 5. The quantitative estimate of drug-likeness (QED) is 0.134. The third-order valence-electron chi connectivity index (χ3n) is 4.19. The fraction of sp³-hybridized carbons (Fsp3) is 1.00. The molecule has 0 amide bonds. The third kappa shape index (κ3) is 7.02. The Morgan fingerprint density at radius 2 is 1.26 bits per heavy atom. The summed E-state index contributed by atoms with van der Waals surface area (Å²) in [5, 5.41) is 2.41. The van der Waals surface area contributed by atoms with Crippen LogP contribution < -0.4 is 4.72 Å². The molecule has 0 aromatic carbocycles. The van der Waals surface area contributed by atoms with E-state index in [1.165, 1.54) is 14.1 Å². The van der Waals surface area contributed by atoms with Gasteiger partial charge in [0.15, 0.2) is 0 Å². The number of aliphatic hydroxyl groups excluding tert-OH is 1. The molecule has 0 aromatic rings. The average molecular weight is 573 g/mol. The number of sulfonamides is 1. The summed E-state index contributed by atoms with van der Waals surface area (Å²) < 4.78 is 196.